The zero-order chi connectivity index (χ0) is 20.8. The van der Waals surface area contributed by atoms with Gasteiger partial charge >= 0.3 is 0 Å². The van der Waals surface area contributed by atoms with Crippen LogP contribution in [-0.4, -0.2) is 24.8 Å². The molecule has 0 radical (unpaired) electrons. The molecule has 4 rings (SSSR count). The zero-order valence-corrected chi connectivity index (χ0v) is 16.6. The first-order chi connectivity index (χ1) is 14.7. The maximum Gasteiger partial charge on any atom is 0.284 e. The van der Waals surface area contributed by atoms with E-state index in [0.29, 0.717) is 18.1 Å². The normalized spacial score (nSPS) is 15.0. The van der Waals surface area contributed by atoms with Crippen LogP contribution >= 0.6 is 0 Å². The highest BCUT2D eigenvalue weighted by Crippen LogP contribution is 2.30. The minimum absolute atomic E-state index is 0.144. The minimum atomic E-state index is -0.741. The summed E-state index contributed by atoms with van der Waals surface area (Å²) in [5.74, 6) is 1.59. The summed E-state index contributed by atoms with van der Waals surface area (Å²) in [6.07, 6.45) is 0.828. The molecule has 1 N–H and O–H groups in total. The molecule has 0 aromatic heterocycles. The van der Waals surface area contributed by atoms with Crippen molar-refractivity contribution in [3.8, 4) is 17.2 Å². The molecule has 1 amide bonds. The van der Waals surface area contributed by atoms with E-state index in [1.807, 2.05) is 36.4 Å². The van der Waals surface area contributed by atoms with Crippen LogP contribution in [0, 0.1) is 6.92 Å². The number of benzene rings is 3. The zero-order valence-electron chi connectivity index (χ0n) is 16.6. The number of para-hydroxylation sites is 2. The summed E-state index contributed by atoms with van der Waals surface area (Å²) in [6, 6.07) is 23.0. The third-order valence-electron chi connectivity index (χ3n) is 4.60. The van der Waals surface area contributed by atoms with E-state index in [1.54, 1.807) is 18.3 Å². The Balaban J connectivity index is 1.26. The van der Waals surface area contributed by atoms with Crippen LogP contribution in [0.1, 0.15) is 16.7 Å². The Morgan fingerprint density at radius 3 is 2.57 bits per heavy atom. The molecule has 1 atom stereocenters. The van der Waals surface area contributed by atoms with Crippen molar-refractivity contribution >= 4 is 12.1 Å². The monoisotopic (exact) mass is 402 g/mol. The van der Waals surface area contributed by atoms with E-state index in [1.165, 1.54) is 5.56 Å². The number of nitrogens with one attached hydrogen (secondary N) is 1. The van der Waals surface area contributed by atoms with Gasteiger partial charge in [0.1, 0.15) is 19.0 Å². The fourth-order valence-electron chi connectivity index (χ4n) is 2.89. The molecule has 6 nitrogen and oxygen atoms in total. The largest absolute Gasteiger partial charge is 0.489 e. The Morgan fingerprint density at radius 1 is 1.07 bits per heavy atom. The second-order valence-electron chi connectivity index (χ2n) is 6.94. The highest BCUT2D eigenvalue weighted by Gasteiger charge is 2.26. The van der Waals surface area contributed by atoms with Crippen LogP contribution < -0.4 is 19.6 Å². The second-order valence-corrected chi connectivity index (χ2v) is 6.94. The molecule has 0 saturated heterocycles. The Labute approximate surface area is 175 Å². The van der Waals surface area contributed by atoms with Crippen molar-refractivity contribution in [3.63, 3.8) is 0 Å². The lowest BCUT2D eigenvalue weighted by atomic mass is 10.2. The lowest BCUT2D eigenvalue weighted by Gasteiger charge is -2.24. The third-order valence-corrected chi connectivity index (χ3v) is 4.60. The third kappa shape index (κ3) is 4.97. The molecule has 0 unspecified atom stereocenters. The predicted molar refractivity (Wildman–Crippen MR) is 114 cm³/mol. The number of aryl methyl sites for hydroxylation is 1. The van der Waals surface area contributed by atoms with Gasteiger partial charge in [-0.1, -0.05) is 42.0 Å². The highest BCUT2D eigenvalue weighted by molar-refractivity contribution is 5.85. The summed E-state index contributed by atoms with van der Waals surface area (Å²) in [4.78, 5) is 12.2. The Bertz CT molecular complexity index is 1030. The van der Waals surface area contributed by atoms with E-state index in [9.17, 15) is 4.79 Å². The average molecular weight is 402 g/mol. The number of hydrazone groups is 1. The quantitative estimate of drug-likeness (QED) is 0.502. The van der Waals surface area contributed by atoms with Gasteiger partial charge in [0.05, 0.1) is 6.21 Å². The molecule has 0 fully saturated rings. The van der Waals surface area contributed by atoms with Crippen molar-refractivity contribution in [1.29, 1.82) is 0 Å². The Hall–Kier alpha value is -3.80. The number of amides is 1. The van der Waals surface area contributed by atoms with E-state index in [2.05, 4.69) is 41.7 Å². The molecule has 0 spiro atoms. The average Bonchev–Trinajstić information content (AvgIpc) is 2.79. The summed E-state index contributed by atoms with van der Waals surface area (Å²) < 4.78 is 17.0. The van der Waals surface area contributed by atoms with Gasteiger partial charge in [0, 0.05) is 0 Å². The first-order valence-corrected chi connectivity index (χ1v) is 9.67. The molecule has 30 heavy (non-hydrogen) atoms. The van der Waals surface area contributed by atoms with Crippen molar-refractivity contribution in [2.45, 2.75) is 19.6 Å². The van der Waals surface area contributed by atoms with Crippen molar-refractivity contribution in [2.75, 3.05) is 6.61 Å². The van der Waals surface area contributed by atoms with Crippen molar-refractivity contribution in [2.24, 2.45) is 5.10 Å². The van der Waals surface area contributed by atoms with Crippen LogP contribution in [0.5, 0.6) is 17.2 Å². The summed E-state index contributed by atoms with van der Waals surface area (Å²) in [6.45, 7) is 2.71. The van der Waals surface area contributed by atoms with Crippen molar-refractivity contribution in [1.82, 2.24) is 5.43 Å². The van der Waals surface area contributed by atoms with Crippen LogP contribution in [0.15, 0.2) is 77.9 Å². The first-order valence-electron chi connectivity index (χ1n) is 9.67. The summed E-state index contributed by atoms with van der Waals surface area (Å²) in [7, 11) is 0. The fourth-order valence-corrected chi connectivity index (χ4v) is 2.89. The van der Waals surface area contributed by atoms with Gasteiger partial charge in [-0.25, -0.2) is 5.43 Å². The van der Waals surface area contributed by atoms with Crippen LogP contribution in [0.3, 0.4) is 0 Å². The minimum Gasteiger partial charge on any atom is -0.489 e. The topological polar surface area (TPSA) is 69.2 Å². The lowest BCUT2D eigenvalue weighted by molar-refractivity contribution is -0.130. The van der Waals surface area contributed by atoms with E-state index >= 15 is 0 Å². The smallest absolute Gasteiger partial charge is 0.284 e. The standard InChI is InChI=1S/C24H22N2O4/c1-17-6-8-19(9-7-17)15-28-20-12-10-18(11-13-20)14-25-26-24(27)23-16-29-21-4-2-3-5-22(21)30-23/h2-14,23H,15-16H2,1H3,(H,26,27)/b25-14-/t23-/m1/s1. The molecule has 6 heteroatoms. The van der Waals surface area contributed by atoms with Crippen molar-refractivity contribution in [3.05, 3.63) is 89.5 Å². The molecule has 1 aliphatic heterocycles. The van der Waals surface area contributed by atoms with Crippen LogP contribution in [0.25, 0.3) is 0 Å². The molecule has 0 aliphatic carbocycles. The molecular formula is C24H22N2O4. The Kier molecular flexibility index (Phi) is 5.94. The predicted octanol–water partition coefficient (Wildman–Crippen LogP) is 3.86. The number of nitrogens with zero attached hydrogens (tertiary/aromatic N) is 1. The molecule has 0 bridgehead atoms. The van der Waals surface area contributed by atoms with Gasteiger partial charge in [-0.3, -0.25) is 4.79 Å². The number of carbonyl (C=O) groups excluding carboxylic acids is 1. The SMILES string of the molecule is Cc1ccc(COc2ccc(/C=N\NC(=O)[C@H]3COc4ccccc4O3)cc2)cc1. The number of carbonyl (C=O) groups is 1. The lowest BCUT2D eigenvalue weighted by Crippen LogP contribution is -2.42. The second kappa shape index (κ2) is 9.13. The summed E-state index contributed by atoms with van der Waals surface area (Å²) in [5.41, 5.74) is 5.67. The van der Waals surface area contributed by atoms with E-state index in [0.717, 1.165) is 16.9 Å². The van der Waals surface area contributed by atoms with Gasteiger partial charge in [-0.15, -0.1) is 0 Å². The molecule has 1 aliphatic rings. The van der Waals surface area contributed by atoms with Crippen LogP contribution in [-0.2, 0) is 11.4 Å². The first kappa shape index (κ1) is 19.5. The van der Waals surface area contributed by atoms with Crippen LogP contribution in [0.4, 0.5) is 0 Å². The molecule has 0 saturated carbocycles. The summed E-state index contributed by atoms with van der Waals surface area (Å²) in [5, 5.41) is 4.00. The van der Waals surface area contributed by atoms with E-state index < -0.39 is 6.10 Å². The molecule has 152 valence electrons. The van der Waals surface area contributed by atoms with Gasteiger partial charge in [-0.05, 0) is 54.4 Å². The van der Waals surface area contributed by atoms with Gasteiger partial charge in [-0.2, -0.15) is 5.10 Å². The molecule has 3 aromatic rings. The molecular weight excluding hydrogens is 380 g/mol. The van der Waals surface area contributed by atoms with Gasteiger partial charge in [0.25, 0.3) is 5.91 Å². The number of hydrogen-bond donors (Lipinski definition) is 1. The van der Waals surface area contributed by atoms with Gasteiger partial charge in [0.2, 0.25) is 6.10 Å². The number of ether oxygens (including phenoxy) is 3. The summed E-state index contributed by atoms with van der Waals surface area (Å²) >= 11 is 0. The maximum atomic E-state index is 12.2. The van der Waals surface area contributed by atoms with Crippen LogP contribution in [0.2, 0.25) is 0 Å². The molecule has 3 aromatic carbocycles. The maximum absolute atomic E-state index is 12.2. The number of fused-ring (bicyclic) bond motifs is 1. The van der Waals surface area contributed by atoms with Crippen molar-refractivity contribution < 1.29 is 19.0 Å². The van der Waals surface area contributed by atoms with Gasteiger partial charge < -0.3 is 14.2 Å². The van der Waals surface area contributed by atoms with Gasteiger partial charge in [0.15, 0.2) is 11.5 Å². The van der Waals surface area contributed by atoms with E-state index in [4.69, 9.17) is 14.2 Å². The fraction of sp³-hybridized carbons (Fsp3) is 0.167. The van der Waals surface area contributed by atoms with E-state index in [-0.39, 0.29) is 12.5 Å². The molecule has 1 heterocycles. The number of hydrogen-bond acceptors (Lipinski definition) is 5. The Morgan fingerprint density at radius 2 is 1.80 bits per heavy atom. The highest BCUT2D eigenvalue weighted by atomic mass is 16.6. The number of rotatable bonds is 6.